The van der Waals surface area contributed by atoms with Crippen molar-refractivity contribution in [3.05, 3.63) is 53.7 Å². The molecule has 1 aromatic carbocycles. The summed E-state index contributed by atoms with van der Waals surface area (Å²) in [5.41, 5.74) is 1.35. The standard InChI is InChI=1S/C18H21N3O2S/c1-12(2)11-23-15-8-5-7-14(10-15)17(22)21-18(24)20-16-9-4-6-13(3)19-16/h4-10,12H,11H2,1-3H3,(H2,19,20,21,22,24). The number of aryl methyl sites for hydroxylation is 1. The Morgan fingerprint density at radius 2 is 2.00 bits per heavy atom. The SMILES string of the molecule is Cc1cccc(NC(=S)NC(=O)c2cccc(OCC(C)C)c2)n1. The Hall–Kier alpha value is -2.47. The fourth-order valence-corrected chi connectivity index (χ4v) is 2.12. The minimum absolute atomic E-state index is 0.201. The van der Waals surface area contributed by atoms with E-state index in [0.717, 1.165) is 5.69 Å². The summed E-state index contributed by atoms with van der Waals surface area (Å²) in [5, 5.41) is 5.74. The minimum atomic E-state index is -0.296. The summed E-state index contributed by atoms with van der Waals surface area (Å²) in [4.78, 5) is 16.6. The zero-order valence-corrected chi connectivity index (χ0v) is 14.8. The first-order valence-electron chi connectivity index (χ1n) is 7.73. The lowest BCUT2D eigenvalue weighted by molar-refractivity contribution is 0.0977. The number of benzene rings is 1. The van der Waals surface area contributed by atoms with Gasteiger partial charge in [-0.2, -0.15) is 0 Å². The van der Waals surface area contributed by atoms with Crippen molar-refractivity contribution in [1.82, 2.24) is 10.3 Å². The third-order valence-electron chi connectivity index (χ3n) is 3.04. The smallest absolute Gasteiger partial charge is 0.257 e. The predicted molar refractivity (Wildman–Crippen MR) is 99.4 cm³/mol. The molecule has 5 nitrogen and oxygen atoms in total. The van der Waals surface area contributed by atoms with Gasteiger partial charge in [-0.1, -0.05) is 26.0 Å². The molecule has 1 amide bonds. The quantitative estimate of drug-likeness (QED) is 0.813. The lowest BCUT2D eigenvalue weighted by Gasteiger charge is -2.11. The van der Waals surface area contributed by atoms with Crippen molar-refractivity contribution in [1.29, 1.82) is 0 Å². The molecular weight excluding hydrogens is 322 g/mol. The maximum atomic E-state index is 12.3. The van der Waals surface area contributed by atoms with Gasteiger partial charge in [0.2, 0.25) is 0 Å². The monoisotopic (exact) mass is 343 g/mol. The summed E-state index contributed by atoms with van der Waals surface area (Å²) in [6.07, 6.45) is 0. The van der Waals surface area contributed by atoms with Gasteiger partial charge in [-0.15, -0.1) is 0 Å². The van der Waals surface area contributed by atoms with Crippen LogP contribution in [0.5, 0.6) is 5.75 Å². The molecule has 6 heteroatoms. The van der Waals surface area contributed by atoms with Gasteiger partial charge < -0.3 is 10.1 Å². The van der Waals surface area contributed by atoms with Gasteiger partial charge in [-0.3, -0.25) is 10.1 Å². The van der Waals surface area contributed by atoms with Crippen LogP contribution in [0.25, 0.3) is 0 Å². The average Bonchev–Trinajstić information content (AvgIpc) is 2.53. The number of hydrogen-bond donors (Lipinski definition) is 2. The van der Waals surface area contributed by atoms with E-state index in [4.69, 9.17) is 17.0 Å². The van der Waals surface area contributed by atoms with Crippen LogP contribution in [0.3, 0.4) is 0 Å². The van der Waals surface area contributed by atoms with Crippen LogP contribution in [0, 0.1) is 12.8 Å². The lowest BCUT2D eigenvalue weighted by atomic mass is 10.2. The number of pyridine rings is 1. The van der Waals surface area contributed by atoms with E-state index in [-0.39, 0.29) is 11.0 Å². The molecule has 1 heterocycles. The van der Waals surface area contributed by atoms with Crippen molar-refractivity contribution < 1.29 is 9.53 Å². The average molecular weight is 343 g/mol. The van der Waals surface area contributed by atoms with Crippen LogP contribution in [-0.2, 0) is 0 Å². The zero-order chi connectivity index (χ0) is 17.5. The van der Waals surface area contributed by atoms with Crippen LogP contribution in [0.2, 0.25) is 0 Å². The molecule has 0 atom stereocenters. The van der Waals surface area contributed by atoms with Gasteiger partial charge >= 0.3 is 0 Å². The highest BCUT2D eigenvalue weighted by molar-refractivity contribution is 7.80. The van der Waals surface area contributed by atoms with Crippen LogP contribution in [0.4, 0.5) is 5.82 Å². The maximum Gasteiger partial charge on any atom is 0.257 e. The van der Waals surface area contributed by atoms with Crippen molar-refractivity contribution in [3.63, 3.8) is 0 Å². The molecule has 0 aliphatic carbocycles. The number of aromatic nitrogens is 1. The highest BCUT2D eigenvalue weighted by atomic mass is 32.1. The van der Waals surface area contributed by atoms with Gasteiger partial charge in [0.15, 0.2) is 5.11 Å². The molecule has 0 fully saturated rings. The van der Waals surface area contributed by atoms with E-state index in [1.807, 2.05) is 25.1 Å². The second-order valence-corrected chi connectivity index (χ2v) is 6.21. The zero-order valence-electron chi connectivity index (χ0n) is 14.0. The first-order valence-corrected chi connectivity index (χ1v) is 8.13. The molecule has 1 aromatic heterocycles. The number of thiocarbonyl (C=S) groups is 1. The van der Waals surface area contributed by atoms with Crippen molar-refractivity contribution in [2.24, 2.45) is 5.92 Å². The third kappa shape index (κ3) is 5.62. The number of nitrogens with one attached hydrogen (secondary N) is 2. The summed E-state index contributed by atoms with van der Waals surface area (Å²) >= 11 is 5.16. The molecule has 0 saturated heterocycles. The van der Waals surface area contributed by atoms with Crippen molar-refractivity contribution >= 4 is 29.1 Å². The number of nitrogens with zero attached hydrogens (tertiary/aromatic N) is 1. The molecule has 0 saturated carbocycles. The summed E-state index contributed by atoms with van der Waals surface area (Å²) < 4.78 is 5.63. The first-order chi connectivity index (χ1) is 11.4. The number of carbonyl (C=O) groups is 1. The second-order valence-electron chi connectivity index (χ2n) is 5.81. The number of amides is 1. The second kappa shape index (κ2) is 8.40. The predicted octanol–water partition coefficient (Wildman–Crippen LogP) is 3.55. The molecule has 2 N–H and O–H groups in total. The number of rotatable bonds is 5. The molecule has 24 heavy (non-hydrogen) atoms. The van der Waals surface area contributed by atoms with Crippen LogP contribution < -0.4 is 15.4 Å². The fourth-order valence-electron chi connectivity index (χ4n) is 1.93. The Labute approximate surface area is 147 Å². The molecule has 2 aromatic rings. The highest BCUT2D eigenvalue weighted by Crippen LogP contribution is 2.14. The summed E-state index contributed by atoms with van der Waals surface area (Å²) in [7, 11) is 0. The number of hydrogen-bond acceptors (Lipinski definition) is 4. The third-order valence-corrected chi connectivity index (χ3v) is 3.24. The van der Waals surface area contributed by atoms with E-state index in [2.05, 4.69) is 29.5 Å². The molecule has 0 spiro atoms. The summed E-state index contributed by atoms with van der Waals surface area (Å²) in [5.74, 6) is 1.38. The number of ether oxygens (including phenoxy) is 1. The van der Waals surface area contributed by atoms with Gasteiger partial charge in [0, 0.05) is 11.3 Å². The van der Waals surface area contributed by atoms with Gasteiger partial charge in [-0.05, 0) is 55.4 Å². The molecule has 0 aliphatic rings. The summed E-state index contributed by atoms with van der Waals surface area (Å²) in [6.45, 7) is 6.62. The molecule has 0 radical (unpaired) electrons. The van der Waals surface area contributed by atoms with Gasteiger partial charge in [0.25, 0.3) is 5.91 Å². The molecule has 2 rings (SSSR count). The van der Waals surface area contributed by atoms with Crippen LogP contribution in [-0.4, -0.2) is 22.6 Å². The molecule has 0 bridgehead atoms. The summed E-state index contributed by atoms with van der Waals surface area (Å²) in [6, 6.07) is 12.6. The fraction of sp³-hybridized carbons (Fsp3) is 0.278. The van der Waals surface area contributed by atoms with Crippen molar-refractivity contribution in [2.75, 3.05) is 11.9 Å². The lowest BCUT2D eigenvalue weighted by Crippen LogP contribution is -2.34. The van der Waals surface area contributed by atoms with E-state index in [1.54, 1.807) is 24.3 Å². The van der Waals surface area contributed by atoms with Gasteiger partial charge in [0.05, 0.1) is 6.61 Å². The van der Waals surface area contributed by atoms with E-state index in [9.17, 15) is 4.79 Å². The van der Waals surface area contributed by atoms with E-state index < -0.39 is 0 Å². The van der Waals surface area contributed by atoms with E-state index >= 15 is 0 Å². The largest absolute Gasteiger partial charge is 0.493 e. The van der Waals surface area contributed by atoms with Gasteiger partial charge in [0.1, 0.15) is 11.6 Å². The van der Waals surface area contributed by atoms with Crippen molar-refractivity contribution in [2.45, 2.75) is 20.8 Å². The normalized spacial score (nSPS) is 10.3. The van der Waals surface area contributed by atoms with Crippen LogP contribution in [0.1, 0.15) is 29.9 Å². The van der Waals surface area contributed by atoms with Crippen LogP contribution >= 0.6 is 12.2 Å². The molecular formula is C18H21N3O2S. The highest BCUT2D eigenvalue weighted by Gasteiger charge is 2.10. The first kappa shape index (κ1) is 17.9. The number of anilines is 1. The molecule has 0 unspecified atom stereocenters. The minimum Gasteiger partial charge on any atom is -0.493 e. The molecule has 126 valence electrons. The van der Waals surface area contributed by atoms with Crippen LogP contribution in [0.15, 0.2) is 42.5 Å². The number of carbonyl (C=O) groups excluding carboxylic acids is 1. The van der Waals surface area contributed by atoms with Gasteiger partial charge in [-0.25, -0.2) is 4.98 Å². The van der Waals surface area contributed by atoms with E-state index in [0.29, 0.717) is 29.7 Å². The Morgan fingerprint density at radius 1 is 1.25 bits per heavy atom. The Bertz CT molecular complexity index is 732. The Morgan fingerprint density at radius 3 is 2.71 bits per heavy atom. The molecule has 0 aliphatic heterocycles. The Balaban J connectivity index is 1.96. The maximum absolute atomic E-state index is 12.3. The topological polar surface area (TPSA) is 63.2 Å². The van der Waals surface area contributed by atoms with Crippen molar-refractivity contribution in [3.8, 4) is 5.75 Å². The van der Waals surface area contributed by atoms with E-state index in [1.165, 1.54) is 0 Å². The Kier molecular flexibility index (Phi) is 6.26.